The molecule has 0 N–H and O–H groups in total. The second-order valence-corrected chi connectivity index (χ2v) is 3.69. The summed E-state index contributed by atoms with van der Waals surface area (Å²) in [5.74, 6) is 0.331. The van der Waals surface area contributed by atoms with Crippen LogP contribution >= 0.6 is 0 Å². The lowest BCUT2D eigenvalue weighted by Gasteiger charge is -2.12. The minimum absolute atomic E-state index is 0.0639. The Bertz CT molecular complexity index is 130. The molecule has 0 amide bonds. The van der Waals surface area contributed by atoms with Crippen LogP contribution in [0.3, 0.4) is 0 Å². The molecule has 1 unspecified atom stereocenters. The summed E-state index contributed by atoms with van der Waals surface area (Å²) in [7, 11) is 0. The van der Waals surface area contributed by atoms with Crippen LogP contribution < -0.4 is 0 Å². The average molecular weight is 172 g/mol. The lowest BCUT2D eigenvalue weighted by molar-refractivity contribution is -0.149. The first-order valence-corrected chi connectivity index (χ1v) is 4.75. The normalized spacial score (nSPS) is 13.1. The van der Waals surface area contributed by atoms with Gasteiger partial charge in [-0.3, -0.25) is 4.79 Å². The van der Waals surface area contributed by atoms with Crippen molar-refractivity contribution < 1.29 is 9.53 Å². The highest BCUT2D eigenvalue weighted by molar-refractivity contribution is 5.69. The van der Waals surface area contributed by atoms with Crippen LogP contribution in [0, 0.1) is 5.92 Å². The molecule has 0 aromatic carbocycles. The number of carbonyl (C=O) groups excluding carboxylic acids is 1. The van der Waals surface area contributed by atoms with Crippen LogP contribution in [0.25, 0.3) is 0 Å². The lowest BCUT2D eigenvalue weighted by atomic mass is 10.1. The molecule has 0 bridgehead atoms. The maximum absolute atomic E-state index is 11.1. The number of carbonyl (C=O) groups is 1. The Kier molecular flexibility index (Phi) is 5.77. The maximum atomic E-state index is 11.1. The van der Waals surface area contributed by atoms with E-state index in [1.54, 1.807) is 0 Å². The molecule has 0 radical (unpaired) electrons. The van der Waals surface area contributed by atoms with Crippen LogP contribution in [0.4, 0.5) is 0 Å². The molecule has 2 heteroatoms. The predicted molar refractivity (Wildman–Crippen MR) is 49.9 cm³/mol. The highest BCUT2D eigenvalue weighted by Gasteiger charge is 2.09. The molecule has 0 aliphatic heterocycles. The molecular weight excluding hydrogens is 152 g/mol. The van der Waals surface area contributed by atoms with E-state index in [2.05, 4.69) is 6.92 Å². The van der Waals surface area contributed by atoms with Crippen molar-refractivity contribution in [3.8, 4) is 0 Å². The van der Waals surface area contributed by atoms with Crippen LogP contribution in [0.1, 0.15) is 47.0 Å². The second kappa shape index (κ2) is 6.04. The van der Waals surface area contributed by atoms with Crippen molar-refractivity contribution in [1.82, 2.24) is 0 Å². The van der Waals surface area contributed by atoms with E-state index in [1.165, 1.54) is 0 Å². The van der Waals surface area contributed by atoms with E-state index in [0.717, 1.165) is 12.8 Å². The quantitative estimate of drug-likeness (QED) is 0.596. The number of rotatable bonds is 5. The van der Waals surface area contributed by atoms with Crippen molar-refractivity contribution in [2.45, 2.75) is 53.1 Å². The van der Waals surface area contributed by atoms with Crippen molar-refractivity contribution >= 4 is 5.97 Å². The number of hydrogen-bond donors (Lipinski definition) is 0. The third-order valence-electron chi connectivity index (χ3n) is 1.60. The van der Waals surface area contributed by atoms with Crippen LogP contribution in [0.2, 0.25) is 0 Å². The SMILES string of the molecule is CCCC(C)OC(=O)CC(C)C. The highest BCUT2D eigenvalue weighted by atomic mass is 16.5. The summed E-state index contributed by atoms with van der Waals surface area (Å²) in [4.78, 5) is 11.1. The Morgan fingerprint density at radius 2 is 1.92 bits per heavy atom. The Labute approximate surface area is 75.3 Å². The third-order valence-corrected chi connectivity index (χ3v) is 1.60. The molecule has 0 fully saturated rings. The second-order valence-electron chi connectivity index (χ2n) is 3.69. The van der Waals surface area contributed by atoms with Crippen LogP contribution in [-0.4, -0.2) is 12.1 Å². The topological polar surface area (TPSA) is 26.3 Å². The summed E-state index contributed by atoms with van der Waals surface area (Å²) in [5.41, 5.74) is 0. The zero-order valence-electron chi connectivity index (χ0n) is 8.59. The van der Waals surface area contributed by atoms with Gasteiger partial charge in [0.1, 0.15) is 0 Å². The molecule has 72 valence electrons. The highest BCUT2D eigenvalue weighted by Crippen LogP contribution is 2.06. The lowest BCUT2D eigenvalue weighted by Crippen LogP contribution is -2.15. The third kappa shape index (κ3) is 6.20. The maximum Gasteiger partial charge on any atom is 0.306 e. The molecule has 2 nitrogen and oxygen atoms in total. The standard InChI is InChI=1S/C10H20O2/c1-5-6-9(4)12-10(11)7-8(2)3/h8-9H,5-7H2,1-4H3. The minimum Gasteiger partial charge on any atom is -0.463 e. The van der Waals surface area contributed by atoms with E-state index in [-0.39, 0.29) is 12.1 Å². The van der Waals surface area contributed by atoms with Gasteiger partial charge in [-0.2, -0.15) is 0 Å². The summed E-state index contributed by atoms with van der Waals surface area (Å²) < 4.78 is 5.16. The summed E-state index contributed by atoms with van der Waals surface area (Å²) >= 11 is 0. The first-order chi connectivity index (χ1) is 5.56. The Balaban J connectivity index is 3.54. The minimum atomic E-state index is -0.0639. The molecule has 0 aromatic heterocycles. The largest absolute Gasteiger partial charge is 0.463 e. The van der Waals surface area contributed by atoms with Crippen LogP contribution in [0.15, 0.2) is 0 Å². The van der Waals surface area contributed by atoms with Crippen molar-refractivity contribution in [2.75, 3.05) is 0 Å². The molecule has 0 rings (SSSR count). The van der Waals surface area contributed by atoms with Gasteiger partial charge in [0.25, 0.3) is 0 Å². The zero-order valence-corrected chi connectivity index (χ0v) is 8.59. The van der Waals surface area contributed by atoms with Gasteiger partial charge in [-0.25, -0.2) is 0 Å². The number of esters is 1. The zero-order chi connectivity index (χ0) is 9.56. The fourth-order valence-corrected chi connectivity index (χ4v) is 1.07. The predicted octanol–water partition coefficient (Wildman–Crippen LogP) is 2.76. The van der Waals surface area contributed by atoms with Crippen molar-refractivity contribution in [3.63, 3.8) is 0 Å². The Morgan fingerprint density at radius 3 is 2.33 bits per heavy atom. The molecular formula is C10H20O2. The summed E-state index contributed by atoms with van der Waals surface area (Å²) in [6.07, 6.45) is 2.65. The van der Waals surface area contributed by atoms with Gasteiger partial charge in [0.05, 0.1) is 6.10 Å². The van der Waals surface area contributed by atoms with Gasteiger partial charge in [0.2, 0.25) is 0 Å². The molecule has 0 saturated heterocycles. The molecule has 0 heterocycles. The Morgan fingerprint density at radius 1 is 1.33 bits per heavy atom. The van der Waals surface area contributed by atoms with Crippen LogP contribution in [0.5, 0.6) is 0 Å². The smallest absolute Gasteiger partial charge is 0.306 e. The molecule has 0 aromatic rings. The van der Waals surface area contributed by atoms with E-state index >= 15 is 0 Å². The summed E-state index contributed by atoms with van der Waals surface area (Å²) in [6, 6.07) is 0. The monoisotopic (exact) mass is 172 g/mol. The first-order valence-electron chi connectivity index (χ1n) is 4.75. The van der Waals surface area contributed by atoms with Gasteiger partial charge in [-0.05, 0) is 19.3 Å². The summed E-state index contributed by atoms with van der Waals surface area (Å²) in [5, 5.41) is 0. The van der Waals surface area contributed by atoms with Gasteiger partial charge in [-0.1, -0.05) is 27.2 Å². The fourth-order valence-electron chi connectivity index (χ4n) is 1.07. The van der Waals surface area contributed by atoms with Gasteiger partial charge in [-0.15, -0.1) is 0 Å². The number of hydrogen-bond acceptors (Lipinski definition) is 2. The molecule has 1 atom stereocenters. The van der Waals surface area contributed by atoms with Gasteiger partial charge in [0.15, 0.2) is 0 Å². The van der Waals surface area contributed by atoms with E-state index in [0.29, 0.717) is 12.3 Å². The van der Waals surface area contributed by atoms with E-state index < -0.39 is 0 Å². The molecule has 0 aliphatic carbocycles. The van der Waals surface area contributed by atoms with E-state index in [9.17, 15) is 4.79 Å². The van der Waals surface area contributed by atoms with Crippen molar-refractivity contribution in [2.24, 2.45) is 5.92 Å². The van der Waals surface area contributed by atoms with Crippen LogP contribution in [-0.2, 0) is 9.53 Å². The Hall–Kier alpha value is -0.530. The fraction of sp³-hybridized carbons (Fsp3) is 0.900. The molecule has 0 spiro atoms. The van der Waals surface area contributed by atoms with Crippen molar-refractivity contribution in [3.05, 3.63) is 0 Å². The average Bonchev–Trinajstić information content (AvgIpc) is 1.84. The molecule has 12 heavy (non-hydrogen) atoms. The van der Waals surface area contributed by atoms with E-state index in [1.807, 2.05) is 20.8 Å². The molecule has 0 aliphatic rings. The van der Waals surface area contributed by atoms with Gasteiger partial charge >= 0.3 is 5.97 Å². The summed E-state index contributed by atoms with van der Waals surface area (Å²) in [6.45, 7) is 8.08. The van der Waals surface area contributed by atoms with Gasteiger partial charge in [0, 0.05) is 6.42 Å². The number of ether oxygens (including phenoxy) is 1. The van der Waals surface area contributed by atoms with E-state index in [4.69, 9.17) is 4.74 Å². The molecule has 0 saturated carbocycles. The van der Waals surface area contributed by atoms with Crippen molar-refractivity contribution in [1.29, 1.82) is 0 Å². The first kappa shape index (κ1) is 11.5. The van der Waals surface area contributed by atoms with Gasteiger partial charge < -0.3 is 4.74 Å².